The molecule has 1 N–H and O–H groups in total. The number of hydrogen-bond acceptors (Lipinski definition) is 5. The minimum Gasteiger partial charge on any atom is -0.348 e. The number of benzene rings is 2. The number of para-hydroxylation sites is 1. The Kier molecular flexibility index (Phi) is 5.91. The molecule has 0 saturated heterocycles. The molecule has 0 spiro atoms. The zero-order chi connectivity index (χ0) is 18.5. The number of nitrogens with zero attached hydrogens (tertiary/aromatic N) is 4. The van der Waals surface area contributed by atoms with Gasteiger partial charge < -0.3 is 10.2 Å². The van der Waals surface area contributed by atoms with Gasteiger partial charge in [0.1, 0.15) is 0 Å². The van der Waals surface area contributed by atoms with Gasteiger partial charge in [-0.05, 0) is 31.5 Å². The Bertz CT molecular complexity index is 851. The molecule has 7 heteroatoms. The monoisotopic (exact) mass is 387 g/mol. The number of aromatic nitrogens is 3. The van der Waals surface area contributed by atoms with Crippen LogP contribution in [-0.4, -0.2) is 21.2 Å². The molecule has 0 amide bonds. The Hall–Kier alpha value is -2.37. The molecule has 0 bridgehead atoms. The van der Waals surface area contributed by atoms with Crippen molar-refractivity contribution in [1.82, 2.24) is 15.2 Å². The molecule has 3 aromatic rings. The summed E-state index contributed by atoms with van der Waals surface area (Å²) in [5.74, 6) is 1.07. The van der Waals surface area contributed by atoms with Crippen molar-refractivity contribution in [3.05, 3.63) is 70.3 Å². The summed E-state index contributed by atoms with van der Waals surface area (Å²) in [6, 6.07) is 15.8. The first kappa shape index (κ1) is 18.4. The lowest BCUT2D eigenvalue weighted by atomic mass is 10.2. The van der Waals surface area contributed by atoms with Crippen LogP contribution in [0.25, 0.3) is 0 Å². The molecule has 3 rings (SSSR count). The van der Waals surface area contributed by atoms with E-state index in [1.807, 2.05) is 18.2 Å². The van der Waals surface area contributed by atoms with E-state index in [0.717, 1.165) is 12.4 Å². The second-order valence-corrected chi connectivity index (χ2v) is 6.88. The lowest BCUT2D eigenvalue weighted by molar-refractivity contribution is 0.668. The van der Waals surface area contributed by atoms with Crippen LogP contribution in [0.1, 0.15) is 19.4 Å². The zero-order valence-corrected chi connectivity index (χ0v) is 16.0. The highest BCUT2D eigenvalue weighted by Crippen LogP contribution is 2.31. The third kappa shape index (κ3) is 4.42. The summed E-state index contributed by atoms with van der Waals surface area (Å²) < 4.78 is 0. The highest BCUT2D eigenvalue weighted by atomic mass is 35.5. The predicted molar refractivity (Wildman–Crippen MR) is 107 cm³/mol. The minimum atomic E-state index is 0.239. The Morgan fingerprint density at radius 3 is 2.35 bits per heavy atom. The Morgan fingerprint density at radius 2 is 1.69 bits per heavy atom. The van der Waals surface area contributed by atoms with Crippen molar-refractivity contribution < 1.29 is 0 Å². The van der Waals surface area contributed by atoms with E-state index >= 15 is 0 Å². The van der Waals surface area contributed by atoms with Crippen LogP contribution in [0.5, 0.6) is 0 Å². The summed E-state index contributed by atoms with van der Waals surface area (Å²) in [7, 11) is 0. The second-order valence-electron chi connectivity index (χ2n) is 6.07. The van der Waals surface area contributed by atoms with E-state index in [2.05, 4.69) is 51.4 Å². The van der Waals surface area contributed by atoms with Gasteiger partial charge in [0.25, 0.3) is 0 Å². The van der Waals surface area contributed by atoms with Crippen molar-refractivity contribution in [2.24, 2.45) is 0 Å². The molecule has 5 nitrogen and oxygen atoms in total. The molecule has 1 aromatic heterocycles. The quantitative estimate of drug-likeness (QED) is 0.618. The Labute approximate surface area is 163 Å². The Balaban J connectivity index is 1.87. The average Bonchev–Trinajstić information content (AvgIpc) is 2.64. The van der Waals surface area contributed by atoms with E-state index in [4.69, 9.17) is 23.2 Å². The molecule has 0 atom stereocenters. The molecule has 0 radical (unpaired) electrons. The topological polar surface area (TPSA) is 53.9 Å². The smallest absolute Gasteiger partial charge is 0.249 e. The van der Waals surface area contributed by atoms with Gasteiger partial charge in [-0.1, -0.05) is 59.6 Å². The molecular formula is C19H19Cl2N5. The summed E-state index contributed by atoms with van der Waals surface area (Å²) in [6.45, 7) is 4.95. The van der Waals surface area contributed by atoms with Crippen LogP contribution in [0.2, 0.25) is 10.0 Å². The lowest BCUT2D eigenvalue weighted by Gasteiger charge is -2.27. The van der Waals surface area contributed by atoms with Crippen molar-refractivity contribution in [2.75, 3.05) is 10.2 Å². The fraction of sp³-hybridized carbons (Fsp3) is 0.211. The highest BCUT2D eigenvalue weighted by molar-refractivity contribution is 6.39. The van der Waals surface area contributed by atoms with Gasteiger partial charge in [0.15, 0.2) is 5.82 Å². The number of halogens is 2. The predicted octanol–water partition coefficient (Wildman–Crippen LogP) is 5.34. The summed E-state index contributed by atoms with van der Waals surface area (Å²) in [5, 5.41) is 12.2. The molecule has 0 unspecified atom stereocenters. The molecule has 0 aliphatic rings. The van der Waals surface area contributed by atoms with E-state index in [-0.39, 0.29) is 6.04 Å². The summed E-state index contributed by atoms with van der Waals surface area (Å²) in [4.78, 5) is 6.75. The van der Waals surface area contributed by atoms with Crippen molar-refractivity contribution in [3.8, 4) is 0 Å². The van der Waals surface area contributed by atoms with Gasteiger partial charge in [0.05, 0.1) is 21.9 Å². The molecule has 0 saturated carbocycles. The average molecular weight is 388 g/mol. The number of rotatable bonds is 6. The van der Waals surface area contributed by atoms with Crippen LogP contribution < -0.4 is 10.2 Å². The third-order valence-electron chi connectivity index (χ3n) is 3.86. The highest BCUT2D eigenvalue weighted by Gasteiger charge is 2.15. The molecule has 0 aliphatic carbocycles. The third-order valence-corrected chi connectivity index (χ3v) is 4.49. The van der Waals surface area contributed by atoms with Gasteiger partial charge in [0, 0.05) is 12.6 Å². The van der Waals surface area contributed by atoms with Crippen LogP contribution >= 0.6 is 23.2 Å². The summed E-state index contributed by atoms with van der Waals surface area (Å²) in [5.41, 5.74) is 1.76. The molecule has 134 valence electrons. The van der Waals surface area contributed by atoms with E-state index in [1.165, 1.54) is 5.56 Å². The van der Waals surface area contributed by atoms with Gasteiger partial charge in [0.2, 0.25) is 5.95 Å². The fourth-order valence-corrected chi connectivity index (χ4v) is 3.02. The van der Waals surface area contributed by atoms with Crippen LogP contribution in [0.4, 0.5) is 17.5 Å². The largest absolute Gasteiger partial charge is 0.348 e. The summed E-state index contributed by atoms with van der Waals surface area (Å²) >= 11 is 12.4. The SMILES string of the molecule is CC(C)N(Cc1ccccc1)c1cnnc(Nc2c(Cl)cccc2Cl)n1. The molecular weight excluding hydrogens is 369 g/mol. The zero-order valence-electron chi connectivity index (χ0n) is 14.5. The maximum atomic E-state index is 6.21. The number of anilines is 3. The van der Waals surface area contributed by atoms with Gasteiger partial charge in [-0.2, -0.15) is 10.1 Å². The van der Waals surface area contributed by atoms with E-state index in [0.29, 0.717) is 21.7 Å². The Morgan fingerprint density at radius 1 is 1.00 bits per heavy atom. The van der Waals surface area contributed by atoms with Crippen molar-refractivity contribution >= 4 is 40.7 Å². The van der Waals surface area contributed by atoms with E-state index < -0.39 is 0 Å². The first-order valence-corrected chi connectivity index (χ1v) is 9.01. The second kappa shape index (κ2) is 8.34. The normalized spacial score (nSPS) is 10.8. The number of nitrogens with one attached hydrogen (secondary N) is 1. The van der Waals surface area contributed by atoms with E-state index in [9.17, 15) is 0 Å². The summed E-state index contributed by atoms with van der Waals surface area (Å²) in [6.07, 6.45) is 1.66. The standard InChI is InChI=1S/C19H19Cl2N5/c1-13(2)26(12-14-7-4-3-5-8-14)17-11-22-25-19(23-17)24-18-15(20)9-6-10-16(18)21/h3-11,13H,12H2,1-2H3,(H,23,24,25). The van der Waals surface area contributed by atoms with Crippen molar-refractivity contribution in [3.63, 3.8) is 0 Å². The van der Waals surface area contributed by atoms with Gasteiger partial charge >= 0.3 is 0 Å². The molecule has 0 aliphatic heterocycles. The molecule has 26 heavy (non-hydrogen) atoms. The first-order chi connectivity index (χ1) is 12.5. The van der Waals surface area contributed by atoms with Crippen LogP contribution in [0.3, 0.4) is 0 Å². The van der Waals surface area contributed by atoms with Crippen LogP contribution in [0.15, 0.2) is 54.7 Å². The van der Waals surface area contributed by atoms with Crippen molar-refractivity contribution in [1.29, 1.82) is 0 Å². The molecule has 2 aromatic carbocycles. The first-order valence-electron chi connectivity index (χ1n) is 8.26. The van der Waals surface area contributed by atoms with Gasteiger partial charge in [-0.25, -0.2) is 0 Å². The maximum absolute atomic E-state index is 6.21. The number of hydrogen-bond donors (Lipinski definition) is 1. The fourth-order valence-electron chi connectivity index (χ4n) is 2.52. The lowest BCUT2D eigenvalue weighted by Crippen LogP contribution is -2.31. The molecule has 0 fully saturated rings. The maximum Gasteiger partial charge on any atom is 0.249 e. The van der Waals surface area contributed by atoms with Gasteiger partial charge in [-0.3, -0.25) is 0 Å². The van der Waals surface area contributed by atoms with Crippen LogP contribution in [-0.2, 0) is 6.54 Å². The van der Waals surface area contributed by atoms with Crippen LogP contribution in [0, 0.1) is 0 Å². The minimum absolute atomic E-state index is 0.239. The van der Waals surface area contributed by atoms with Crippen molar-refractivity contribution in [2.45, 2.75) is 26.4 Å². The van der Waals surface area contributed by atoms with Gasteiger partial charge in [-0.15, -0.1) is 5.10 Å². The molecule has 1 heterocycles. The van der Waals surface area contributed by atoms with E-state index in [1.54, 1.807) is 24.4 Å².